The summed E-state index contributed by atoms with van der Waals surface area (Å²) in [5.41, 5.74) is 2.57. The van der Waals surface area contributed by atoms with E-state index in [-0.39, 0.29) is 11.8 Å². The highest BCUT2D eigenvalue weighted by atomic mass is 16.5. The molecule has 1 atom stereocenters. The van der Waals surface area contributed by atoms with Crippen molar-refractivity contribution in [2.24, 2.45) is 0 Å². The lowest BCUT2D eigenvalue weighted by molar-refractivity contribution is -0.125. The van der Waals surface area contributed by atoms with Crippen LogP contribution in [-0.2, 0) is 14.3 Å². The van der Waals surface area contributed by atoms with Crippen molar-refractivity contribution in [2.45, 2.75) is 32.8 Å². The maximum absolute atomic E-state index is 12.8. The molecule has 8 heteroatoms. The Balaban J connectivity index is 1.29. The van der Waals surface area contributed by atoms with E-state index in [0.717, 1.165) is 44.3 Å². The Morgan fingerprint density at radius 1 is 1.12 bits per heavy atom. The van der Waals surface area contributed by atoms with Crippen molar-refractivity contribution in [2.75, 3.05) is 56.2 Å². The Bertz CT molecular complexity index is 988. The van der Waals surface area contributed by atoms with Gasteiger partial charge in [-0.3, -0.25) is 14.5 Å². The molecule has 182 valence electrons. The van der Waals surface area contributed by atoms with Gasteiger partial charge >= 0.3 is 0 Å². The number of hydrogen-bond acceptors (Lipinski definition) is 6. The van der Waals surface area contributed by atoms with Gasteiger partial charge in [-0.1, -0.05) is 17.7 Å². The number of fused-ring (bicyclic) bond motifs is 1. The van der Waals surface area contributed by atoms with Crippen LogP contribution in [0.5, 0.6) is 11.5 Å². The van der Waals surface area contributed by atoms with Crippen LogP contribution in [0, 0.1) is 6.92 Å². The third kappa shape index (κ3) is 6.27. The second kappa shape index (κ2) is 11.4. The lowest BCUT2D eigenvalue weighted by Crippen LogP contribution is -2.48. The fraction of sp³-hybridized carbons (Fsp3) is 0.462. The molecule has 0 spiro atoms. The van der Waals surface area contributed by atoms with Crippen molar-refractivity contribution in [1.29, 1.82) is 0 Å². The van der Waals surface area contributed by atoms with Crippen LogP contribution in [0.4, 0.5) is 11.4 Å². The molecule has 2 aliphatic rings. The molecule has 4 rings (SSSR count). The van der Waals surface area contributed by atoms with Gasteiger partial charge in [0, 0.05) is 44.4 Å². The van der Waals surface area contributed by atoms with Gasteiger partial charge in [0.05, 0.1) is 25.5 Å². The predicted molar refractivity (Wildman–Crippen MR) is 131 cm³/mol. The number of hydrogen-bond donors (Lipinski definition) is 1. The molecule has 2 heterocycles. The van der Waals surface area contributed by atoms with E-state index in [1.165, 1.54) is 5.56 Å². The Labute approximate surface area is 200 Å². The number of nitrogens with zero attached hydrogens (tertiary/aromatic N) is 2. The van der Waals surface area contributed by atoms with Crippen LogP contribution in [0.15, 0.2) is 42.5 Å². The van der Waals surface area contributed by atoms with Gasteiger partial charge in [0.25, 0.3) is 5.91 Å². The van der Waals surface area contributed by atoms with Crippen LogP contribution >= 0.6 is 0 Å². The number of rotatable bonds is 9. The summed E-state index contributed by atoms with van der Waals surface area (Å²) in [7, 11) is 0. The van der Waals surface area contributed by atoms with Crippen molar-refractivity contribution in [3.05, 3.63) is 48.0 Å². The molecule has 34 heavy (non-hydrogen) atoms. The van der Waals surface area contributed by atoms with Crippen molar-refractivity contribution in [1.82, 2.24) is 4.90 Å². The molecular formula is C26H33N3O5. The monoisotopic (exact) mass is 467 g/mol. The molecule has 0 bridgehead atoms. The highest BCUT2D eigenvalue weighted by molar-refractivity contribution is 6.00. The maximum Gasteiger partial charge on any atom is 0.267 e. The number of nitrogens with one attached hydrogen (secondary N) is 1. The standard InChI is InChI=1S/C26H33N3O5/c1-19-5-8-22(9-6-19)33-15-3-4-25(30)27-21-7-10-23-24(18-21)34-20(2)26(31)29(23)12-11-28-13-16-32-17-14-28/h5-10,18,20H,3-4,11-17H2,1-2H3,(H,27,30). The highest BCUT2D eigenvalue weighted by Gasteiger charge is 2.32. The minimum atomic E-state index is -0.568. The van der Waals surface area contributed by atoms with Gasteiger partial charge in [0.2, 0.25) is 5.91 Å². The van der Waals surface area contributed by atoms with Gasteiger partial charge in [0.1, 0.15) is 11.5 Å². The summed E-state index contributed by atoms with van der Waals surface area (Å²) in [4.78, 5) is 29.3. The average molecular weight is 468 g/mol. The smallest absolute Gasteiger partial charge is 0.267 e. The molecular weight excluding hydrogens is 434 g/mol. The lowest BCUT2D eigenvalue weighted by Gasteiger charge is -2.35. The summed E-state index contributed by atoms with van der Waals surface area (Å²) in [6.07, 6.45) is 0.397. The van der Waals surface area contributed by atoms with Crippen LogP contribution in [0.1, 0.15) is 25.3 Å². The first-order valence-corrected chi connectivity index (χ1v) is 11.9. The summed E-state index contributed by atoms with van der Waals surface area (Å²) >= 11 is 0. The van der Waals surface area contributed by atoms with Gasteiger partial charge in [-0.25, -0.2) is 0 Å². The second-order valence-corrected chi connectivity index (χ2v) is 8.70. The minimum Gasteiger partial charge on any atom is -0.494 e. The summed E-state index contributed by atoms with van der Waals surface area (Å²) in [6.45, 7) is 8.84. The number of carbonyl (C=O) groups excluding carboxylic acids is 2. The zero-order valence-corrected chi connectivity index (χ0v) is 19.9. The summed E-state index contributed by atoms with van der Waals surface area (Å²) in [5, 5.41) is 2.92. The topological polar surface area (TPSA) is 80.3 Å². The maximum atomic E-state index is 12.8. The fourth-order valence-electron chi connectivity index (χ4n) is 4.07. The third-order valence-electron chi connectivity index (χ3n) is 6.03. The van der Waals surface area contributed by atoms with E-state index >= 15 is 0 Å². The SMILES string of the molecule is Cc1ccc(OCCCC(=O)Nc2ccc3c(c2)OC(C)C(=O)N3CCN2CCOCC2)cc1. The van der Waals surface area contributed by atoms with E-state index in [1.54, 1.807) is 17.9 Å². The summed E-state index contributed by atoms with van der Waals surface area (Å²) in [6, 6.07) is 13.3. The molecule has 0 saturated carbocycles. The summed E-state index contributed by atoms with van der Waals surface area (Å²) in [5.74, 6) is 1.27. The normalized spacial score (nSPS) is 18.2. The van der Waals surface area contributed by atoms with Crippen molar-refractivity contribution >= 4 is 23.2 Å². The first-order valence-electron chi connectivity index (χ1n) is 11.9. The van der Waals surface area contributed by atoms with Crippen molar-refractivity contribution < 1.29 is 23.8 Å². The number of aryl methyl sites for hydroxylation is 1. The zero-order valence-electron chi connectivity index (χ0n) is 19.9. The van der Waals surface area contributed by atoms with Gasteiger partial charge in [0.15, 0.2) is 6.10 Å². The fourth-order valence-corrected chi connectivity index (χ4v) is 4.07. The van der Waals surface area contributed by atoms with E-state index in [9.17, 15) is 9.59 Å². The quantitative estimate of drug-likeness (QED) is 0.571. The van der Waals surface area contributed by atoms with E-state index in [2.05, 4.69) is 10.2 Å². The van der Waals surface area contributed by atoms with Crippen molar-refractivity contribution in [3.63, 3.8) is 0 Å². The van der Waals surface area contributed by atoms with E-state index in [0.29, 0.717) is 37.4 Å². The Hall–Kier alpha value is -3.10. The molecule has 0 radical (unpaired) electrons. The molecule has 0 aromatic heterocycles. The second-order valence-electron chi connectivity index (χ2n) is 8.70. The number of carbonyl (C=O) groups is 2. The van der Waals surface area contributed by atoms with Crippen LogP contribution in [0.2, 0.25) is 0 Å². The number of ether oxygens (including phenoxy) is 3. The molecule has 2 aromatic carbocycles. The molecule has 2 amide bonds. The van der Waals surface area contributed by atoms with Crippen molar-refractivity contribution in [3.8, 4) is 11.5 Å². The average Bonchev–Trinajstić information content (AvgIpc) is 2.84. The minimum absolute atomic E-state index is 0.0499. The van der Waals surface area contributed by atoms with E-state index in [4.69, 9.17) is 14.2 Å². The first-order chi connectivity index (χ1) is 16.5. The highest BCUT2D eigenvalue weighted by Crippen LogP contribution is 2.36. The van der Waals surface area contributed by atoms with Gasteiger partial charge in [-0.2, -0.15) is 0 Å². The van der Waals surface area contributed by atoms with Crippen LogP contribution in [0.25, 0.3) is 0 Å². The predicted octanol–water partition coefficient (Wildman–Crippen LogP) is 3.24. The number of morpholine rings is 1. The molecule has 1 saturated heterocycles. The van der Waals surface area contributed by atoms with Gasteiger partial charge in [-0.15, -0.1) is 0 Å². The number of amides is 2. The number of benzene rings is 2. The molecule has 8 nitrogen and oxygen atoms in total. The lowest BCUT2D eigenvalue weighted by atomic mass is 10.1. The molecule has 1 N–H and O–H groups in total. The zero-order chi connectivity index (χ0) is 23.9. The Kier molecular flexibility index (Phi) is 8.03. The molecule has 2 aromatic rings. The molecule has 0 aliphatic carbocycles. The third-order valence-corrected chi connectivity index (χ3v) is 6.03. The van der Waals surface area contributed by atoms with E-state index in [1.807, 2.05) is 43.3 Å². The largest absolute Gasteiger partial charge is 0.494 e. The number of anilines is 2. The van der Waals surface area contributed by atoms with Crippen LogP contribution < -0.4 is 19.7 Å². The van der Waals surface area contributed by atoms with Crippen LogP contribution in [0.3, 0.4) is 0 Å². The molecule has 1 unspecified atom stereocenters. The van der Waals surface area contributed by atoms with Gasteiger partial charge < -0.3 is 24.4 Å². The Morgan fingerprint density at radius 3 is 2.65 bits per heavy atom. The molecule has 1 fully saturated rings. The summed E-state index contributed by atoms with van der Waals surface area (Å²) < 4.78 is 16.9. The molecule has 2 aliphatic heterocycles. The first kappa shape index (κ1) is 24.0. The van der Waals surface area contributed by atoms with E-state index < -0.39 is 6.10 Å². The van der Waals surface area contributed by atoms with Gasteiger partial charge in [-0.05, 0) is 44.5 Å². The van der Waals surface area contributed by atoms with Crippen LogP contribution in [-0.4, -0.2) is 68.8 Å². The Morgan fingerprint density at radius 2 is 1.88 bits per heavy atom.